The van der Waals surface area contributed by atoms with Gasteiger partial charge in [0.25, 0.3) is 0 Å². The molecule has 0 unspecified atom stereocenters. The zero-order valence-corrected chi connectivity index (χ0v) is 11.7. The van der Waals surface area contributed by atoms with E-state index in [1.807, 2.05) is 54.0 Å². The van der Waals surface area contributed by atoms with Gasteiger partial charge in [-0.1, -0.05) is 18.2 Å². The fraction of sp³-hybridized carbons (Fsp3) is 0.0714. The van der Waals surface area contributed by atoms with E-state index in [0.717, 1.165) is 15.5 Å². The molecule has 3 rings (SSSR count). The monoisotopic (exact) mass is 288 g/mol. The Morgan fingerprint density at radius 3 is 2.63 bits per heavy atom. The number of benzene rings is 1. The van der Waals surface area contributed by atoms with E-state index in [1.54, 1.807) is 10.9 Å². The summed E-state index contributed by atoms with van der Waals surface area (Å²) in [5.41, 5.74) is 2.08. The van der Waals surface area contributed by atoms with Gasteiger partial charge in [0.15, 0.2) is 0 Å². The van der Waals surface area contributed by atoms with Crippen LogP contribution in [0.15, 0.2) is 64.4 Å². The maximum Gasteiger partial charge on any atom is 0.0913 e. The Hall–Kier alpha value is -1.72. The number of hydrogen-bond donors (Lipinski definition) is 0. The molecule has 1 atom stereocenters. The molecule has 0 N–H and O–H groups in total. The second-order valence-electron chi connectivity index (χ2n) is 4.04. The first-order valence-electron chi connectivity index (χ1n) is 5.84. The van der Waals surface area contributed by atoms with Gasteiger partial charge in [-0.15, -0.1) is 11.3 Å². The smallest absolute Gasteiger partial charge is 0.0913 e. The highest BCUT2D eigenvalue weighted by atomic mass is 32.2. The first-order valence-corrected chi connectivity index (χ1v) is 8.03. The van der Waals surface area contributed by atoms with Gasteiger partial charge in [0.2, 0.25) is 0 Å². The predicted octanol–water partition coefficient (Wildman–Crippen LogP) is 3.24. The summed E-state index contributed by atoms with van der Waals surface area (Å²) in [6.45, 7) is 0. The molecular weight excluding hydrogens is 276 g/mol. The van der Waals surface area contributed by atoms with E-state index >= 15 is 0 Å². The van der Waals surface area contributed by atoms with Gasteiger partial charge in [0.1, 0.15) is 0 Å². The van der Waals surface area contributed by atoms with Crippen LogP contribution in [0.1, 0.15) is 5.56 Å². The van der Waals surface area contributed by atoms with Crippen molar-refractivity contribution in [3.63, 3.8) is 0 Å². The van der Waals surface area contributed by atoms with Crippen LogP contribution < -0.4 is 0 Å². The van der Waals surface area contributed by atoms with Crippen molar-refractivity contribution in [3.05, 3.63) is 65.8 Å². The van der Waals surface area contributed by atoms with Crippen LogP contribution in [-0.4, -0.2) is 14.0 Å². The highest BCUT2D eigenvalue weighted by molar-refractivity contribution is 7.86. The lowest BCUT2D eigenvalue weighted by atomic mass is 10.2. The molecule has 3 nitrogen and oxygen atoms in total. The lowest BCUT2D eigenvalue weighted by Crippen LogP contribution is -1.97. The second kappa shape index (κ2) is 5.50. The molecular formula is C14H12N2OS2. The average Bonchev–Trinajstić information content (AvgIpc) is 3.13. The number of aromatic nitrogens is 2. The third kappa shape index (κ3) is 2.83. The largest absolute Gasteiger partial charge is 0.253 e. The van der Waals surface area contributed by atoms with E-state index < -0.39 is 10.8 Å². The molecule has 0 aliphatic rings. The van der Waals surface area contributed by atoms with Crippen molar-refractivity contribution in [3.8, 4) is 5.69 Å². The third-order valence-electron chi connectivity index (χ3n) is 2.72. The number of thiophene rings is 1. The Labute approximate surface area is 118 Å². The SMILES string of the molecule is O=[S@](Cc1ccc(-n2cccn2)cc1)c1cccs1. The van der Waals surface area contributed by atoms with Crippen LogP contribution in [0.3, 0.4) is 0 Å². The maximum absolute atomic E-state index is 12.1. The summed E-state index contributed by atoms with van der Waals surface area (Å²) in [4.78, 5) is 0. The highest BCUT2D eigenvalue weighted by Gasteiger charge is 2.06. The third-order valence-corrected chi connectivity index (χ3v) is 5.41. The molecule has 0 bridgehead atoms. The second-order valence-corrected chi connectivity index (χ2v) is 6.66. The summed E-state index contributed by atoms with van der Waals surface area (Å²) >= 11 is 1.54. The van der Waals surface area contributed by atoms with Crippen LogP contribution in [0.5, 0.6) is 0 Å². The van der Waals surface area contributed by atoms with Crippen LogP contribution in [-0.2, 0) is 16.6 Å². The van der Waals surface area contributed by atoms with Gasteiger partial charge < -0.3 is 0 Å². The standard InChI is InChI=1S/C14H12N2OS2/c17-19(14-3-1-10-18-14)11-12-4-6-13(7-5-12)16-9-2-8-15-16/h1-10H,11H2/t19-/m1/s1. The molecule has 0 aliphatic carbocycles. The van der Waals surface area contributed by atoms with Crippen molar-refractivity contribution < 1.29 is 4.21 Å². The van der Waals surface area contributed by atoms with E-state index in [9.17, 15) is 4.21 Å². The van der Waals surface area contributed by atoms with Gasteiger partial charge in [-0.3, -0.25) is 4.21 Å². The summed E-state index contributed by atoms with van der Waals surface area (Å²) in [6.07, 6.45) is 3.65. The fourth-order valence-corrected chi connectivity index (χ4v) is 3.87. The quantitative estimate of drug-likeness (QED) is 0.738. The minimum atomic E-state index is -0.951. The Balaban J connectivity index is 1.75. The van der Waals surface area contributed by atoms with Gasteiger partial charge in [-0.05, 0) is 35.2 Å². The van der Waals surface area contributed by atoms with E-state index in [0.29, 0.717) is 5.75 Å². The van der Waals surface area contributed by atoms with Crippen LogP contribution in [0.2, 0.25) is 0 Å². The molecule has 1 aromatic carbocycles. The molecule has 2 heterocycles. The minimum Gasteiger partial charge on any atom is -0.253 e. The minimum absolute atomic E-state index is 0.555. The van der Waals surface area contributed by atoms with Crippen LogP contribution in [0.25, 0.3) is 5.69 Å². The zero-order valence-electron chi connectivity index (χ0n) is 10.1. The molecule has 2 aromatic heterocycles. The van der Waals surface area contributed by atoms with Crippen LogP contribution in [0, 0.1) is 0 Å². The summed E-state index contributed by atoms with van der Waals surface area (Å²) in [7, 11) is -0.951. The molecule has 96 valence electrons. The molecule has 0 radical (unpaired) electrons. The van der Waals surface area contributed by atoms with Crippen molar-refractivity contribution in [2.75, 3.05) is 0 Å². The molecule has 0 saturated heterocycles. The summed E-state index contributed by atoms with van der Waals surface area (Å²) in [5, 5.41) is 6.13. The fourth-order valence-electron chi connectivity index (χ4n) is 1.78. The highest BCUT2D eigenvalue weighted by Crippen LogP contribution is 2.18. The van der Waals surface area contributed by atoms with Crippen molar-refractivity contribution in [1.82, 2.24) is 9.78 Å². The van der Waals surface area contributed by atoms with E-state index in [2.05, 4.69) is 5.10 Å². The Kier molecular flexibility index (Phi) is 3.57. The first kappa shape index (κ1) is 12.3. The normalized spacial score (nSPS) is 12.4. The zero-order chi connectivity index (χ0) is 13.1. The molecule has 5 heteroatoms. The summed E-state index contributed by atoms with van der Waals surface area (Å²) in [6, 6.07) is 13.7. The molecule has 19 heavy (non-hydrogen) atoms. The number of nitrogens with zero attached hydrogens (tertiary/aromatic N) is 2. The van der Waals surface area contributed by atoms with Gasteiger partial charge >= 0.3 is 0 Å². The van der Waals surface area contributed by atoms with Crippen molar-refractivity contribution in [2.45, 2.75) is 9.96 Å². The molecule has 0 aliphatic heterocycles. The van der Waals surface area contributed by atoms with E-state index in [-0.39, 0.29) is 0 Å². The Bertz CT molecular complexity index is 658. The summed E-state index contributed by atoms with van der Waals surface area (Å²) in [5.74, 6) is 0.555. The van der Waals surface area contributed by atoms with Gasteiger partial charge in [-0.2, -0.15) is 5.10 Å². The first-order chi connectivity index (χ1) is 9.33. The molecule has 0 saturated carbocycles. The van der Waals surface area contributed by atoms with Gasteiger partial charge in [0, 0.05) is 12.4 Å². The average molecular weight is 288 g/mol. The van der Waals surface area contributed by atoms with Crippen LogP contribution in [0.4, 0.5) is 0 Å². The molecule has 0 amide bonds. The molecule has 3 aromatic rings. The van der Waals surface area contributed by atoms with E-state index in [4.69, 9.17) is 0 Å². The maximum atomic E-state index is 12.1. The molecule has 0 spiro atoms. The molecule has 0 fully saturated rings. The van der Waals surface area contributed by atoms with Gasteiger partial charge in [-0.25, -0.2) is 4.68 Å². The van der Waals surface area contributed by atoms with Crippen LogP contribution >= 0.6 is 11.3 Å². The number of rotatable bonds is 4. The topological polar surface area (TPSA) is 34.9 Å². The lowest BCUT2D eigenvalue weighted by Gasteiger charge is -2.04. The summed E-state index contributed by atoms with van der Waals surface area (Å²) < 4.78 is 14.8. The van der Waals surface area contributed by atoms with Gasteiger partial charge in [0.05, 0.1) is 26.4 Å². The predicted molar refractivity (Wildman–Crippen MR) is 78.0 cm³/mol. The Morgan fingerprint density at radius 1 is 1.16 bits per heavy atom. The van der Waals surface area contributed by atoms with Crippen molar-refractivity contribution >= 4 is 22.1 Å². The van der Waals surface area contributed by atoms with Crippen molar-refractivity contribution in [1.29, 1.82) is 0 Å². The number of hydrogen-bond acceptors (Lipinski definition) is 3. The Morgan fingerprint density at radius 2 is 2.00 bits per heavy atom. The lowest BCUT2D eigenvalue weighted by molar-refractivity contribution is 0.684. The van der Waals surface area contributed by atoms with Crippen molar-refractivity contribution in [2.24, 2.45) is 0 Å². The van der Waals surface area contributed by atoms with E-state index in [1.165, 1.54) is 11.3 Å².